The lowest BCUT2D eigenvalue weighted by Crippen LogP contribution is -2.46. The van der Waals surface area contributed by atoms with Gasteiger partial charge in [-0.1, -0.05) is 0 Å². The van der Waals surface area contributed by atoms with Gasteiger partial charge in [-0.3, -0.25) is 0 Å². The zero-order valence-corrected chi connectivity index (χ0v) is 12.4. The second-order valence-corrected chi connectivity index (χ2v) is 5.75. The topological polar surface area (TPSA) is 45.6 Å². The number of likely N-dealkylation sites (N-methyl/N-ethyl adjacent to an activating group) is 1. The lowest BCUT2D eigenvalue weighted by Gasteiger charge is -2.36. The summed E-state index contributed by atoms with van der Waals surface area (Å²) < 4.78 is 6.28. The van der Waals surface area contributed by atoms with E-state index in [4.69, 9.17) is 4.74 Å². The first-order valence-electron chi connectivity index (χ1n) is 6.14. The maximum absolute atomic E-state index is 10.5. The van der Waals surface area contributed by atoms with Gasteiger partial charge in [-0.2, -0.15) is 0 Å². The van der Waals surface area contributed by atoms with Crippen LogP contribution in [0.2, 0.25) is 0 Å². The quantitative estimate of drug-likeness (QED) is 0.928. The molecule has 0 aliphatic carbocycles. The second kappa shape index (κ2) is 5.55. The van der Waals surface area contributed by atoms with Crippen LogP contribution in [0.15, 0.2) is 16.7 Å². The van der Waals surface area contributed by atoms with E-state index in [0.717, 1.165) is 15.9 Å². The van der Waals surface area contributed by atoms with Gasteiger partial charge in [0.1, 0.15) is 5.82 Å². The SMILES string of the molecule is Cc1ccnc(N(C)CC2(O)CCOCC2)c1Br. The van der Waals surface area contributed by atoms with Gasteiger partial charge >= 0.3 is 0 Å². The molecular weight excluding hydrogens is 296 g/mol. The summed E-state index contributed by atoms with van der Waals surface area (Å²) >= 11 is 3.55. The molecule has 4 nitrogen and oxygen atoms in total. The molecule has 1 saturated heterocycles. The summed E-state index contributed by atoms with van der Waals surface area (Å²) in [6.45, 7) is 3.87. The molecule has 100 valence electrons. The highest BCUT2D eigenvalue weighted by molar-refractivity contribution is 9.10. The highest BCUT2D eigenvalue weighted by Gasteiger charge is 2.31. The predicted octanol–water partition coefficient (Wildman–Crippen LogP) is 2.13. The average molecular weight is 315 g/mol. The summed E-state index contributed by atoms with van der Waals surface area (Å²) in [7, 11) is 1.96. The Morgan fingerprint density at radius 2 is 2.17 bits per heavy atom. The number of hydrogen-bond donors (Lipinski definition) is 1. The van der Waals surface area contributed by atoms with Crippen LogP contribution in [-0.2, 0) is 4.74 Å². The van der Waals surface area contributed by atoms with E-state index in [1.807, 2.05) is 24.9 Å². The summed E-state index contributed by atoms with van der Waals surface area (Å²) in [6, 6.07) is 1.96. The number of hydrogen-bond acceptors (Lipinski definition) is 4. The van der Waals surface area contributed by atoms with Crippen LogP contribution in [0.4, 0.5) is 5.82 Å². The Bertz CT molecular complexity index is 419. The molecule has 0 amide bonds. The Balaban J connectivity index is 2.11. The molecule has 0 bridgehead atoms. The summed E-state index contributed by atoms with van der Waals surface area (Å²) in [6.07, 6.45) is 3.15. The number of aryl methyl sites for hydroxylation is 1. The number of nitrogens with zero attached hydrogens (tertiary/aromatic N) is 2. The third-order valence-electron chi connectivity index (χ3n) is 3.38. The Labute approximate surface area is 116 Å². The first-order valence-corrected chi connectivity index (χ1v) is 6.93. The van der Waals surface area contributed by atoms with Crippen molar-refractivity contribution < 1.29 is 9.84 Å². The summed E-state index contributed by atoms with van der Waals surface area (Å²) in [5.74, 6) is 0.870. The molecule has 1 aliphatic heterocycles. The zero-order chi connectivity index (χ0) is 13.2. The van der Waals surface area contributed by atoms with Gasteiger partial charge in [-0.15, -0.1) is 0 Å². The molecule has 5 heteroatoms. The third kappa shape index (κ3) is 3.02. The van der Waals surface area contributed by atoms with Crippen molar-refractivity contribution in [1.82, 2.24) is 4.98 Å². The van der Waals surface area contributed by atoms with Gasteiger partial charge in [0.05, 0.1) is 10.1 Å². The zero-order valence-electron chi connectivity index (χ0n) is 10.8. The fourth-order valence-electron chi connectivity index (χ4n) is 2.22. The maximum atomic E-state index is 10.5. The molecule has 2 heterocycles. The molecule has 1 aromatic rings. The number of pyridine rings is 1. The van der Waals surface area contributed by atoms with Crippen molar-refractivity contribution in [2.24, 2.45) is 0 Å². The van der Waals surface area contributed by atoms with Crippen molar-refractivity contribution >= 4 is 21.7 Å². The Kier molecular flexibility index (Phi) is 4.25. The van der Waals surface area contributed by atoms with Gasteiger partial charge in [0.25, 0.3) is 0 Å². The molecule has 0 spiro atoms. The molecule has 1 N–H and O–H groups in total. The van der Waals surface area contributed by atoms with E-state index in [2.05, 4.69) is 20.9 Å². The van der Waals surface area contributed by atoms with Crippen LogP contribution < -0.4 is 4.90 Å². The van der Waals surface area contributed by atoms with E-state index in [1.165, 1.54) is 0 Å². The number of rotatable bonds is 3. The lowest BCUT2D eigenvalue weighted by atomic mass is 9.94. The van der Waals surface area contributed by atoms with Crippen LogP contribution in [0.25, 0.3) is 0 Å². The minimum absolute atomic E-state index is 0.575. The van der Waals surface area contributed by atoms with Crippen molar-refractivity contribution in [3.8, 4) is 0 Å². The first-order chi connectivity index (χ1) is 8.52. The molecule has 0 unspecified atom stereocenters. The van der Waals surface area contributed by atoms with Gasteiger partial charge in [-0.25, -0.2) is 4.98 Å². The highest BCUT2D eigenvalue weighted by atomic mass is 79.9. The van der Waals surface area contributed by atoms with Crippen molar-refractivity contribution in [3.05, 3.63) is 22.3 Å². The highest BCUT2D eigenvalue weighted by Crippen LogP contribution is 2.29. The molecule has 1 aliphatic rings. The number of aromatic nitrogens is 1. The smallest absolute Gasteiger partial charge is 0.142 e. The molecule has 18 heavy (non-hydrogen) atoms. The minimum Gasteiger partial charge on any atom is -0.388 e. The van der Waals surface area contributed by atoms with E-state index in [1.54, 1.807) is 6.20 Å². The third-order valence-corrected chi connectivity index (χ3v) is 4.36. The van der Waals surface area contributed by atoms with Crippen LogP contribution in [0, 0.1) is 6.92 Å². The lowest BCUT2D eigenvalue weighted by molar-refractivity contribution is -0.0573. The molecule has 1 fully saturated rings. The standard InChI is InChI=1S/C13H19BrN2O2/c1-10-3-6-15-12(11(10)14)16(2)9-13(17)4-7-18-8-5-13/h3,6,17H,4-5,7-9H2,1-2H3. The van der Waals surface area contributed by atoms with Crippen LogP contribution in [0.3, 0.4) is 0 Å². The molecule has 2 rings (SSSR count). The first kappa shape index (κ1) is 13.8. The number of anilines is 1. The van der Waals surface area contributed by atoms with Gasteiger partial charge in [0.2, 0.25) is 0 Å². The number of halogens is 1. The van der Waals surface area contributed by atoms with Crippen molar-refractivity contribution in [1.29, 1.82) is 0 Å². The van der Waals surface area contributed by atoms with Gasteiger partial charge in [0, 0.05) is 45.8 Å². The number of ether oxygens (including phenoxy) is 1. The predicted molar refractivity (Wildman–Crippen MR) is 74.9 cm³/mol. The normalized spacial score (nSPS) is 18.7. The van der Waals surface area contributed by atoms with E-state index >= 15 is 0 Å². The summed E-state index contributed by atoms with van der Waals surface area (Å²) in [5.41, 5.74) is 0.475. The molecule has 1 aromatic heterocycles. The molecule has 0 atom stereocenters. The van der Waals surface area contributed by atoms with Crippen molar-refractivity contribution in [2.45, 2.75) is 25.4 Å². The monoisotopic (exact) mass is 314 g/mol. The van der Waals surface area contributed by atoms with E-state index in [9.17, 15) is 5.11 Å². The molecule has 0 saturated carbocycles. The fraction of sp³-hybridized carbons (Fsp3) is 0.615. The van der Waals surface area contributed by atoms with Crippen LogP contribution >= 0.6 is 15.9 Å². The number of aliphatic hydroxyl groups is 1. The largest absolute Gasteiger partial charge is 0.388 e. The summed E-state index contributed by atoms with van der Waals surface area (Å²) in [4.78, 5) is 6.37. The molecule has 0 radical (unpaired) electrons. The van der Waals surface area contributed by atoms with Gasteiger partial charge in [0.15, 0.2) is 0 Å². The van der Waals surface area contributed by atoms with Crippen LogP contribution in [-0.4, -0.2) is 42.5 Å². The fourth-order valence-corrected chi connectivity index (χ4v) is 2.76. The van der Waals surface area contributed by atoms with Crippen LogP contribution in [0.5, 0.6) is 0 Å². The van der Waals surface area contributed by atoms with E-state index in [-0.39, 0.29) is 0 Å². The van der Waals surface area contributed by atoms with E-state index < -0.39 is 5.60 Å². The second-order valence-electron chi connectivity index (χ2n) is 4.96. The van der Waals surface area contributed by atoms with Gasteiger partial charge < -0.3 is 14.7 Å². The minimum atomic E-state index is -0.669. The van der Waals surface area contributed by atoms with Crippen molar-refractivity contribution in [2.75, 3.05) is 31.7 Å². The van der Waals surface area contributed by atoms with Crippen LogP contribution in [0.1, 0.15) is 18.4 Å². The Morgan fingerprint density at radius 1 is 1.50 bits per heavy atom. The van der Waals surface area contributed by atoms with Crippen molar-refractivity contribution in [3.63, 3.8) is 0 Å². The molecule has 0 aromatic carbocycles. The average Bonchev–Trinajstić information content (AvgIpc) is 2.33. The summed E-state index contributed by atoms with van der Waals surface area (Å²) in [5, 5.41) is 10.5. The Hall–Kier alpha value is -0.650. The van der Waals surface area contributed by atoms with E-state index in [0.29, 0.717) is 32.6 Å². The Morgan fingerprint density at radius 3 is 2.83 bits per heavy atom. The van der Waals surface area contributed by atoms with Gasteiger partial charge in [-0.05, 0) is 34.5 Å². The molecular formula is C13H19BrN2O2. The maximum Gasteiger partial charge on any atom is 0.142 e.